The van der Waals surface area contributed by atoms with E-state index >= 15 is 0 Å². The highest BCUT2D eigenvalue weighted by molar-refractivity contribution is 5.42. The smallest absolute Gasteiger partial charge is 0.161 e. The Morgan fingerprint density at radius 1 is 1.07 bits per heavy atom. The minimum atomic E-state index is 0.540. The molecule has 0 radical (unpaired) electrons. The van der Waals surface area contributed by atoms with Crippen molar-refractivity contribution in [3.63, 3.8) is 0 Å². The van der Waals surface area contributed by atoms with Crippen LogP contribution in [0.3, 0.4) is 0 Å². The molecule has 0 aromatic heterocycles. The Morgan fingerprint density at radius 3 is 2.47 bits per heavy atom. The topological polar surface area (TPSA) is 27.7 Å². The van der Waals surface area contributed by atoms with Gasteiger partial charge in [-0.15, -0.1) is 0 Å². The summed E-state index contributed by atoms with van der Waals surface area (Å²) in [4.78, 5) is 0. The molecule has 0 aliphatic heterocycles. The highest BCUT2D eigenvalue weighted by atomic mass is 16.5. The Labute approximate surface area is 91.0 Å². The highest BCUT2D eigenvalue weighted by Gasteiger charge is 2.04. The second-order valence-corrected chi connectivity index (χ2v) is 3.18. The molecule has 84 valence electrons. The summed E-state index contributed by atoms with van der Waals surface area (Å²) in [6.45, 7) is 3.23. The van der Waals surface area contributed by atoms with Crippen LogP contribution in [-0.4, -0.2) is 27.4 Å². The minimum Gasteiger partial charge on any atom is -0.493 e. The Morgan fingerprint density at radius 2 is 1.87 bits per heavy atom. The van der Waals surface area contributed by atoms with E-state index in [1.54, 1.807) is 14.2 Å². The van der Waals surface area contributed by atoms with Crippen molar-refractivity contribution in [1.82, 2.24) is 0 Å². The summed E-state index contributed by atoms with van der Waals surface area (Å²) in [7, 11) is 3.30. The Balaban J connectivity index is 2.69. The van der Waals surface area contributed by atoms with Gasteiger partial charge in [-0.3, -0.25) is 0 Å². The van der Waals surface area contributed by atoms with Gasteiger partial charge in [-0.2, -0.15) is 0 Å². The van der Waals surface area contributed by atoms with Crippen molar-refractivity contribution in [2.45, 2.75) is 13.3 Å². The molecule has 0 aliphatic carbocycles. The van der Waals surface area contributed by atoms with Gasteiger partial charge in [-0.1, -0.05) is 13.0 Å². The van der Waals surface area contributed by atoms with Gasteiger partial charge in [0.25, 0.3) is 0 Å². The van der Waals surface area contributed by atoms with Crippen LogP contribution in [0.1, 0.15) is 12.5 Å². The van der Waals surface area contributed by atoms with E-state index in [1.807, 2.05) is 18.2 Å². The van der Waals surface area contributed by atoms with Crippen LogP contribution in [0.5, 0.6) is 11.5 Å². The van der Waals surface area contributed by atoms with Crippen LogP contribution >= 0.6 is 0 Å². The molecule has 0 aliphatic rings. The fourth-order valence-corrected chi connectivity index (χ4v) is 1.29. The number of benzene rings is 1. The van der Waals surface area contributed by atoms with Crippen molar-refractivity contribution < 1.29 is 14.2 Å². The summed E-state index contributed by atoms with van der Waals surface area (Å²) < 4.78 is 15.7. The maximum Gasteiger partial charge on any atom is 0.161 e. The van der Waals surface area contributed by atoms with Gasteiger partial charge in [-0.05, 0) is 24.1 Å². The zero-order chi connectivity index (χ0) is 11.1. The molecule has 0 N–H and O–H groups in total. The third kappa shape index (κ3) is 3.44. The Bertz CT molecular complexity index is 297. The van der Waals surface area contributed by atoms with E-state index < -0.39 is 0 Å². The van der Waals surface area contributed by atoms with Gasteiger partial charge >= 0.3 is 0 Å². The van der Waals surface area contributed by atoms with Gasteiger partial charge in [0.1, 0.15) is 6.61 Å². The molecule has 0 atom stereocenters. The van der Waals surface area contributed by atoms with Crippen LogP contribution in [0, 0.1) is 0 Å². The zero-order valence-electron chi connectivity index (χ0n) is 9.58. The predicted molar refractivity (Wildman–Crippen MR) is 59.7 cm³/mol. The first-order chi connectivity index (χ1) is 7.31. The second kappa shape index (κ2) is 6.30. The number of hydrogen-bond acceptors (Lipinski definition) is 3. The molecule has 0 heterocycles. The Kier molecular flexibility index (Phi) is 4.98. The molecule has 0 bridgehead atoms. The van der Waals surface area contributed by atoms with Crippen LogP contribution in [0.25, 0.3) is 0 Å². The fraction of sp³-hybridized carbons (Fsp3) is 0.500. The molecule has 3 nitrogen and oxygen atoms in total. The minimum absolute atomic E-state index is 0.540. The molecule has 0 saturated heterocycles. The maximum absolute atomic E-state index is 5.52. The zero-order valence-corrected chi connectivity index (χ0v) is 9.58. The van der Waals surface area contributed by atoms with E-state index in [-0.39, 0.29) is 0 Å². The molecule has 15 heavy (non-hydrogen) atoms. The molecular weight excluding hydrogens is 192 g/mol. The lowest BCUT2D eigenvalue weighted by Crippen LogP contribution is -2.05. The molecule has 1 aromatic rings. The van der Waals surface area contributed by atoms with Crippen molar-refractivity contribution >= 4 is 0 Å². The average molecular weight is 210 g/mol. The average Bonchev–Trinajstić information content (AvgIpc) is 2.29. The molecule has 0 amide bonds. The van der Waals surface area contributed by atoms with Crippen molar-refractivity contribution in [2.75, 3.05) is 27.4 Å². The van der Waals surface area contributed by atoms with Crippen LogP contribution in [0.4, 0.5) is 0 Å². The molecule has 0 saturated carbocycles. The summed E-state index contributed by atoms with van der Waals surface area (Å²) in [6.07, 6.45) is 0.995. The van der Waals surface area contributed by atoms with Gasteiger partial charge in [0.15, 0.2) is 11.5 Å². The van der Waals surface area contributed by atoms with Crippen molar-refractivity contribution in [1.29, 1.82) is 0 Å². The molecule has 0 unspecified atom stereocenters. The first kappa shape index (κ1) is 11.9. The molecular formula is C12H18O3. The first-order valence-corrected chi connectivity index (χ1v) is 5.10. The fourth-order valence-electron chi connectivity index (χ4n) is 1.29. The quantitative estimate of drug-likeness (QED) is 0.674. The lowest BCUT2D eigenvalue weighted by molar-refractivity contribution is 0.144. The first-order valence-electron chi connectivity index (χ1n) is 5.10. The number of rotatable bonds is 6. The highest BCUT2D eigenvalue weighted by Crippen LogP contribution is 2.28. The number of aryl methyl sites for hydroxylation is 1. The number of methoxy groups -OCH3 is 2. The van der Waals surface area contributed by atoms with Crippen molar-refractivity contribution in [3.05, 3.63) is 23.8 Å². The lowest BCUT2D eigenvalue weighted by Gasteiger charge is -2.11. The van der Waals surface area contributed by atoms with E-state index in [2.05, 4.69) is 6.92 Å². The van der Waals surface area contributed by atoms with Gasteiger partial charge in [0.05, 0.1) is 13.7 Å². The Hall–Kier alpha value is -1.22. The standard InChI is InChI=1S/C12H18O3/c1-4-10-5-6-11(12(9-10)14-3)15-8-7-13-2/h5-6,9H,4,7-8H2,1-3H3. The third-order valence-electron chi connectivity index (χ3n) is 2.18. The molecule has 0 spiro atoms. The summed E-state index contributed by atoms with van der Waals surface area (Å²) in [5.74, 6) is 1.55. The monoisotopic (exact) mass is 210 g/mol. The van der Waals surface area contributed by atoms with E-state index in [4.69, 9.17) is 14.2 Å². The summed E-state index contributed by atoms with van der Waals surface area (Å²) in [6, 6.07) is 5.99. The number of ether oxygens (including phenoxy) is 3. The second-order valence-electron chi connectivity index (χ2n) is 3.18. The van der Waals surface area contributed by atoms with Gasteiger partial charge in [0, 0.05) is 7.11 Å². The predicted octanol–water partition coefficient (Wildman–Crippen LogP) is 2.28. The van der Waals surface area contributed by atoms with Crippen LogP contribution < -0.4 is 9.47 Å². The van der Waals surface area contributed by atoms with Crippen molar-refractivity contribution in [3.8, 4) is 11.5 Å². The third-order valence-corrected chi connectivity index (χ3v) is 2.18. The van der Waals surface area contributed by atoms with Gasteiger partial charge in [0.2, 0.25) is 0 Å². The van der Waals surface area contributed by atoms with Crippen molar-refractivity contribution in [2.24, 2.45) is 0 Å². The van der Waals surface area contributed by atoms with E-state index in [0.29, 0.717) is 13.2 Å². The van der Waals surface area contributed by atoms with Crippen LogP contribution in [0.2, 0.25) is 0 Å². The SMILES string of the molecule is CCc1ccc(OCCOC)c(OC)c1. The van der Waals surface area contributed by atoms with Crippen LogP contribution in [0.15, 0.2) is 18.2 Å². The summed E-state index contributed by atoms with van der Waals surface area (Å²) in [5.41, 5.74) is 1.24. The van der Waals surface area contributed by atoms with Gasteiger partial charge in [-0.25, -0.2) is 0 Å². The molecule has 1 rings (SSSR count). The van der Waals surface area contributed by atoms with E-state index in [9.17, 15) is 0 Å². The van der Waals surface area contributed by atoms with Gasteiger partial charge < -0.3 is 14.2 Å². The number of hydrogen-bond donors (Lipinski definition) is 0. The lowest BCUT2D eigenvalue weighted by atomic mass is 10.1. The van der Waals surface area contributed by atoms with Crippen LogP contribution in [-0.2, 0) is 11.2 Å². The normalized spacial score (nSPS) is 10.1. The van der Waals surface area contributed by atoms with E-state index in [0.717, 1.165) is 17.9 Å². The summed E-state index contributed by atoms with van der Waals surface area (Å²) >= 11 is 0. The maximum atomic E-state index is 5.52. The largest absolute Gasteiger partial charge is 0.493 e. The van der Waals surface area contributed by atoms with E-state index in [1.165, 1.54) is 5.56 Å². The molecule has 1 aromatic carbocycles. The summed E-state index contributed by atoms with van der Waals surface area (Å²) in [5, 5.41) is 0. The molecule has 0 fully saturated rings. The molecule has 3 heteroatoms.